The number of nitrogens with one attached hydrogen (secondary N) is 1. The van der Waals surface area contributed by atoms with Crippen LogP contribution in [0.5, 0.6) is 0 Å². The lowest BCUT2D eigenvalue weighted by Gasteiger charge is -2.20. The summed E-state index contributed by atoms with van der Waals surface area (Å²) in [7, 11) is 2.01. The molecule has 2 aromatic rings. The van der Waals surface area contributed by atoms with E-state index in [4.69, 9.17) is 0 Å². The number of para-hydroxylation sites is 1. The van der Waals surface area contributed by atoms with E-state index >= 15 is 0 Å². The zero-order valence-corrected chi connectivity index (χ0v) is 11.8. The number of nitrogens with zero attached hydrogens (tertiary/aromatic N) is 2. The Morgan fingerprint density at radius 1 is 1.28 bits per heavy atom. The summed E-state index contributed by atoms with van der Waals surface area (Å²) in [6.07, 6.45) is 1.16. The minimum absolute atomic E-state index is 0.561. The smallest absolute Gasteiger partial charge is 0.0841 e. The molecule has 0 radical (unpaired) electrons. The molecule has 3 heteroatoms. The van der Waals surface area contributed by atoms with Gasteiger partial charge in [0.25, 0.3) is 0 Å². The summed E-state index contributed by atoms with van der Waals surface area (Å²) < 4.78 is 1.96. The predicted molar refractivity (Wildman–Crippen MR) is 76.5 cm³/mol. The number of hydrogen-bond donors (Lipinski definition) is 1. The number of fused-ring (bicyclic) bond motifs is 1. The maximum absolute atomic E-state index is 4.61. The second-order valence-electron chi connectivity index (χ2n) is 5.23. The Morgan fingerprint density at radius 3 is 2.67 bits per heavy atom. The van der Waals surface area contributed by atoms with Crippen LogP contribution in [-0.2, 0) is 13.6 Å². The molecule has 18 heavy (non-hydrogen) atoms. The molecule has 1 aromatic heterocycles. The van der Waals surface area contributed by atoms with Crippen molar-refractivity contribution in [3.8, 4) is 0 Å². The van der Waals surface area contributed by atoms with Gasteiger partial charge in [0, 0.05) is 25.0 Å². The van der Waals surface area contributed by atoms with E-state index in [2.05, 4.69) is 55.5 Å². The summed E-state index contributed by atoms with van der Waals surface area (Å²) in [5.74, 6) is 0.657. The number of hydrogen-bond acceptors (Lipinski definition) is 2. The van der Waals surface area contributed by atoms with Gasteiger partial charge in [0.2, 0.25) is 0 Å². The largest absolute Gasteiger partial charge is 0.308 e. The molecule has 0 saturated carbocycles. The second kappa shape index (κ2) is 5.53. The highest BCUT2D eigenvalue weighted by atomic mass is 15.3. The molecule has 3 nitrogen and oxygen atoms in total. The lowest BCUT2D eigenvalue weighted by molar-refractivity contribution is 0.385. The zero-order valence-electron chi connectivity index (χ0n) is 11.8. The maximum atomic E-state index is 4.61. The van der Waals surface area contributed by atoms with Crippen LogP contribution in [0.3, 0.4) is 0 Å². The molecule has 0 spiro atoms. The third-order valence-electron chi connectivity index (χ3n) is 3.61. The Morgan fingerprint density at radius 2 is 2.00 bits per heavy atom. The van der Waals surface area contributed by atoms with Crippen molar-refractivity contribution >= 4 is 10.9 Å². The average molecular weight is 245 g/mol. The van der Waals surface area contributed by atoms with Gasteiger partial charge in [0.15, 0.2) is 0 Å². The minimum atomic E-state index is 0.561. The van der Waals surface area contributed by atoms with Gasteiger partial charge < -0.3 is 5.32 Å². The van der Waals surface area contributed by atoms with Crippen LogP contribution in [0, 0.1) is 5.92 Å². The summed E-state index contributed by atoms with van der Waals surface area (Å²) in [4.78, 5) is 0. The Kier molecular flexibility index (Phi) is 4.02. The van der Waals surface area contributed by atoms with Crippen molar-refractivity contribution in [2.75, 3.05) is 0 Å². The summed E-state index contributed by atoms with van der Waals surface area (Å²) in [6.45, 7) is 7.60. The molecule has 2 rings (SSSR count). The Hall–Kier alpha value is -1.35. The van der Waals surface area contributed by atoms with Crippen LogP contribution in [0.1, 0.15) is 32.9 Å². The van der Waals surface area contributed by atoms with Crippen LogP contribution < -0.4 is 5.32 Å². The minimum Gasteiger partial charge on any atom is -0.308 e. The molecule has 0 saturated heterocycles. The molecule has 98 valence electrons. The van der Waals surface area contributed by atoms with Gasteiger partial charge in [0.05, 0.1) is 11.2 Å². The summed E-state index contributed by atoms with van der Waals surface area (Å²) in [5.41, 5.74) is 2.35. The van der Waals surface area contributed by atoms with Crippen molar-refractivity contribution in [3.63, 3.8) is 0 Å². The normalized spacial score (nSPS) is 13.4. The highest BCUT2D eigenvalue weighted by Crippen LogP contribution is 2.17. The molecule has 1 N–H and O–H groups in total. The lowest BCUT2D eigenvalue weighted by atomic mass is 10.0. The molecule has 0 bridgehead atoms. The van der Waals surface area contributed by atoms with E-state index in [1.54, 1.807) is 0 Å². The molecule has 0 amide bonds. The van der Waals surface area contributed by atoms with Gasteiger partial charge in [-0.3, -0.25) is 4.68 Å². The number of aromatic nitrogens is 2. The molecule has 1 heterocycles. The van der Waals surface area contributed by atoms with Crippen LogP contribution in [0.15, 0.2) is 24.3 Å². The molecular formula is C15H23N3. The fourth-order valence-corrected chi connectivity index (χ4v) is 2.50. The van der Waals surface area contributed by atoms with Crippen molar-refractivity contribution < 1.29 is 0 Å². The second-order valence-corrected chi connectivity index (χ2v) is 5.23. The van der Waals surface area contributed by atoms with Crippen LogP contribution in [0.25, 0.3) is 10.9 Å². The van der Waals surface area contributed by atoms with Crippen molar-refractivity contribution in [1.29, 1.82) is 0 Å². The first kappa shape index (κ1) is 13.1. The van der Waals surface area contributed by atoms with E-state index in [1.165, 1.54) is 10.9 Å². The van der Waals surface area contributed by atoms with E-state index in [0.29, 0.717) is 12.0 Å². The van der Waals surface area contributed by atoms with E-state index in [1.807, 2.05) is 11.7 Å². The Bertz CT molecular complexity index is 513. The standard InChI is InChI=1S/C15H23N3/c1-5-13(11(2)3)16-10-14-12-8-6-7-9-15(12)18(4)17-14/h6-9,11,13,16H,5,10H2,1-4H3. The molecular weight excluding hydrogens is 222 g/mol. The van der Waals surface area contributed by atoms with Crippen LogP contribution in [0.4, 0.5) is 0 Å². The van der Waals surface area contributed by atoms with E-state index in [0.717, 1.165) is 18.7 Å². The Balaban J connectivity index is 2.17. The van der Waals surface area contributed by atoms with Crippen molar-refractivity contribution in [1.82, 2.24) is 15.1 Å². The molecule has 1 unspecified atom stereocenters. The number of benzene rings is 1. The van der Waals surface area contributed by atoms with Gasteiger partial charge in [-0.05, 0) is 18.4 Å². The van der Waals surface area contributed by atoms with Crippen molar-refractivity contribution in [2.24, 2.45) is 13.0 Å². The monoisotopic (exact) mass is 245 g/mol. The maximum Gasteiger partial charge on any atom is 0.0841 e. The lowest BCUT2D eigenvalue weighted by Crippen LogP contribution is -2.32. The van der Waals surface area contributed by atoms with Gasteiger partial charge in [-0.15, -0.1) is 0 Å². The molecule has 0 aliphatic heterocycles. The fourth-order valence-electron chi connectivity index (χ4n) is 2.50. The molecule has 1 aromatic carbocycles. The van der Waals surface area contributed by atoms with Crippen LogP contribution in [0.2, 0.25) is 0 Å². The van der Waals surface area contributed by atoms with Gasteiger partial charge in [-0.2, -0.15) is 5.10 Å². The third-order valence-corrected chi connectivity index (χ3v) is 3.61. The molecule has 0 aliphatic rings. The Labute approximate surface area is 109 Å². The van der Waals surface area contributed by atoms with Crippen molar-refractivity contribution in [3.05, 3.63) is 30.0 Å². The first-order chi connectivity index (χ1) is 8.63. The first-order valence-electron chi connectivity index (χ1n) is 6.77. The third kappa shape index (κ3) is 2.56. The SMILES string of the molecule is CCC(NCc1nn(C)c2ccccc12)C(C)C. The quantitative estimate of drug-likeness (QED) is 0.877. The first-order valence-corrected chi connectivity index (χ1v) is 6.77. The topological polar surface area (TPSA) is 29.9 Å². The van der Waals surface area contributed by atoms with Crippen molar-refractivity contribution in [2.45, 2.75) is 39.8 Å². The van der Waals surface area contributed by atoms with Crippen LogP contribution in [-0.4, -0.2) is 15.8 Å². The van der Waals surface area contributed by atoms with Gasteiger partial charge in [0.1, 0.15) is 0 Å². The molecule has 0 fully saturated rings. The van der Waals surface area contributed by atoms with Gasteiger partial charge in [-0.1, -0.05) is 39.0 Å². The van der Waals surface area contributed by atoms with E-state index < -0.39 is 0 Å². The van der Waals surface area contributed by atoms with E-state index in [-0.39, 0.29) is 0 Å². The summed E-state index contributed by atoms with van der Waals surface area (Å²) in [6, 6.07) is 8.96. The highest BCUT2D eigenvalue weighted by Gasteiger charge is 2.12. The fraction of sp³-hybridized carbons (Fsp3) is 0.533. The number of rotatable bonds is 5. The van der Waals surface area contributed by atoms with E-state index in [9.17, 15) is 0 Å². The zero-order chi connectivity index (χ0) is 13.1. The predicted octanol–water partition coefficient (Wildman–Crippen LogP) is 3.10. The van der Waals surface area contributed by atoms with Gasteiger partial charge >= 0.3 is 0 Å². The molecule has 1 atom stereocenters. The average Bonchev–Trinajstić information content (AvgIpc) is 2.68. The number of aryl methyl sites for hydroxylation is 1. The summed E-state index contributed by atoms with van der Waals surface area (Å²) >= 11 is 0. The highest BCUT2D eigenvalue weighted by molar-refractivity contribution is 5.81. The summed E-state index contributed by atoms with van der Waals surface area (Å²) in [5, 5.41) is 9.48. The van der Waals surface area contributed by atoms with Crippen LogP contribution >= 0.6 is 0 Å². The van der Waals surface area contributed by atoms with Gasteiger partial charge in [-0.25, -0.2) is 0 Å². The molecule has 0 aliphatic carbocycles.